The third-order valence-electron chi connectivity index (χ3n) is 5.81. The van der Waals surface area contributed by atoms with Crippen molar-refractivity contribution in [2.45, 2.75) is 63.8 Å². The van der Waals surface area contributed by atoms with Crippen molar-refractivity contribution in [3.05, 3.63) is 34.9 Å². The second-order valence-electron chi connectivity index (χ2n) is 7.85. The molecule has 1 unspecified atom stereocenters. The van der Waals surface area contributed by atoms with Crippen LogP contribution in [0.4, 0.5) is 0 Å². The molecule has 3 amide bonds. The Balaban J connectivity index is 1.42. The van der Waals surface area contributed by atoms with Crippen molar-refractivity contribution in [3.63, 3.8) is 0 Å². The summed E-state index contributed by atoms with van der Waals surface area (Å²) in [6.07, 6.45) is 2.89. The van der Waals surface area contributed by atoms with E-state index in [0.29, 0.717) is 30.6 Å². The number of carbonyl (C=O) groups is 3. The molecule has 144 valence electrons. The molecule has 7 nitrogen and oxygen atoms in total. The number of hydrogen-bond donors (Lipinski definition) is 3. The molecule has 0 bridgehead atoms. The summed E-state index contributed by atoms with van der Waals surface area (Å²) in [4.78, 5) is 37.9. The summed E-state index contributed by atoms with van der Waals surface area (Å²) in [5.41, 5.74) is 2.71. The molecule has 1 aromatic carbocycles. The first-order valence-corrected chi connectivity index (χ1v) is 9.74. The van der Waals surface area contributed by atoms with Crippen molar-refractivity contribution in [2.24, 2.45) is 0 Å². The number of rotatable bonds is 4. The molecule has 3 aliphatic heterocycles. The van der Waals surface area contributed by atoms with E-state index in [4.69, 9.17) is 0 Å². The van der Waals surface area contributed by atoms with Gasteiger partial charge in [0.2, 0.25) is 11.8 Å². The lowest BCUT2D eigenvalue weighted by Gasteiger charge is -2.29. The fraction of sp³-hybridized carbons (Fsp3) is 0.550. The highest BCUT2D eigenvalue weighted by molar-refractivity contribution is 6.05. The number of carbonyl (C=O) groups excluding carboxylic acids is 3. The second kappa shape index (κ2) is 7.40. The van der Waals surface area contributed by atoms with E-state index in [-0.39, 0.29) is 24.1 Å². The zero-order chi connectivity index (χ0) is 19.0. The Morgan fingerprint density at radius 1 is 1.22 bits per heavy atom. The van der Waals surface area contributed by atoms with Crippen LogP contribution in [-0.2, 0) is 22.7 Å². The summed E-state index contributed by atoms with van der Waals surface area (Å²) in [5, 5.41) is 9.38. The lowest BCUT2D eigenvalue weighted by Crippen LogP contribution is -2.52. The van der Waals surface area contributed by atoms with E-state index >= 15 is 0 Å². The van der Waals surface area contributed by atoms with Crippen LogP contribution < -0.4 is 16.0 Å². The lowest BCUT2D eigenvalue weighted by atomic mass is 10.00. The molecule has 0 spiro atoms. The summed E-state index contributed by atoms with van der Waals surface area (Å²) in [7, 11) is 0. The van der Waals surface area contributed by atoms with Crippen LogP contribution in [0.3, 0.4) is 0 Å². The Hall–Kier alpha value is -2.25. The Bertz CT molecular complexity index is 778. The molecule has 0 aliphatic carbocycles. The van der Waals surface area contributed by atoms with Gasteiger partial charge in [-0.3, -0.25) is 19.7 Å². The molecular formula is C20H26N4O3. The van der Waals surface area contributed by atoms with E-state index in [9.17, 15) is 14.4 Å². The lowest BCUT2D eigenvalue weighted by molar-refractivity contribution is -0.136. The van der Waals surface area contributed by atoms with Crippen molar-refractivity contribution in [1.29, 1.82) is 0 Å². The maximum Gasteiger partial charge on any atom is 0.255 e. The van der Waals surface area contributed by atoms with Gasteiger partial charge in [0.15, 0.2) is 0 Å². The van der Waals surface area contributed by atoms with Gasteiger partial charge in [-0.05, 0) is 49.9 Å². The Morgan fingerprint density at radius 3 is 2.85 bits per heavy atom. The van der Waals surface area contributed by atoms with Crippen LogP contribution in [0.25, 0.3) is 0 Å². The van der Waals surface area contributed by atoms with Gasteiger partial charge in [0.25, 0.3) is 5.91 Å². The van der Waals surface area contributed by atoms with E-state index in [0.717, 1.165) is 37.1 Å². The minimum absolute atomic E-state index is 0.114. The number of piperidine rings is 2. The van der Waals surface area contributed by atoms with Gasteiger partial charge in [0.1, 0.15) is 6.04 Å². The molecule has 0 aromatic heterocycles. The molecule has 2 fully saturated rings. The van der Waals surface area contributed by atoms with Crippen molar-refractivity contribution in [3.8, 4) is 0 Å². The van der Waals surface area contributed by atoms with Crippen molar-refractivity contribution in [1.82, 2.24) is 20.9 Å². The zero-order valence-corrected chi connectivity index (χ0v) is 15.6. The van der Waals surface area contributed by atoms with Crippen LogP contribution >= 0.6 is 0 Å². The minimum Gasteiger partial charge on any atom is -0.322 e. The maximum absolute atomic E-state index is 12.9. The highest BCUT2D eigenvalue weighted by atomic mass is 16.2. The highest BCUT2D eigenvalue weighted by Crippen LogP contribution is 2.28. The Kier molecular flexibility index (Phi) is 4.97. The van der Waals surface area contributed by atoms with Gasteiger partial charge in [0.05, 0.1) is 0 Å². The highest BCUT2D eigenvalue weighted by Gasteiger charge is 2.39. The molecule has 0 radical (unpaired) electrons. The molecule has 3 atom stereocenters. The number of nitrogens with one attached hydrogen (secondary N) is 3. The van der Waals surface area contributed by atoms with Gasteiger partial charge in [-0.2, -0.15) is 0 Å². The fourth-order valence-electron chi connectivity index (χ4n) is 4.29. The van der Waals surface area contributed by atoms with Crippen LogP contribution in [0.1, 0.15) is 54.1 Å². The van der Waals surface area contributed by atoms with Crippen molar-refractivity contribution < 1.29 is 14.4 Å². The van der Waals surface area contributed by atoms with E-state index in [1.54, 1.807) is 4.90 Å². The van der Waals surface area contributed by atoms with Crippen molar-refractivity contribution in [2.75, 3.05) is 6.54 Å². The summed E-state index contributed by atoms with van der Waals surface area (Å²) < 4.78 is 0. The quantitative estimate of drug-likeness (QED) is 0.678. The van der Waals surface area contributed by atoms with Crippen LogP contribution in [0.15, 0.2) is 18.2 Å². The molecule has 2 saturated heterocycles. The van der Waals surface area contributed by atoms with Gasteiger partial charge >= 0.3 is 0 Å². The summed E-state index contributed by atoms with van der Waals surface area (Å²) in [6, 6.07) is 6.45. The summed E-state index contributed by atoms with van der Waals surface area (Å²) in [5.74, 6) is -0.743. The molecule has 3 aliphatic rings. The minimum atomic E-state index is -0.555. The third-order valence-corrected chi connectivity index (χ3v) is 5.81. The van der Waals surface area contributed by atoms with Crippen LogP contribution in [-0.4, -0.2) is 47.3 Å². The average molecular weight is 370 g/mol. The fourth-order valence-corrected chi connectivity index (χ4v) is 4.29. The second-order valence-corrected chi connectivity index (χ2v) is 7.85. The van der Waals surface area contributed by atoms with Crippen molar-refractivity contribution >= 4 is 17.7 Å². The van der Waals surface area contributed by atoms with Gasteiger partial charge in [0, 0.05) is 37.2 Å². The Labute approximate surface area is 158 Å². The number of fused-ring (bicyclic) bond motifs is 1. The van der Waals surface area contributed by atoms with E-state index in [1.807, 2.05) is 12.1 Å². The standard InChI is InChI=1S/C20H26N4O3/c1-12-8-15(6-7-21-12)22-10-13-2-3-14-11-24(20(27)16(14)9-13)17-4-5-18(25)23-19(17)26/h2-3,9,12,15,17,21-22H,4-8,10-11H2,1H3,(H,23,25,26)/t12-,15+,17?/m1/s1. The summed E-state index contributed by atoms with van der Waals surface area (Å²) >= 11 is 0. The predicted molar refractivity (Wildman–Crippen MR) is 99.8 cm³/mol. The smallest absolute Gasteiger partial charge is 0.255 e. The predicted octanol–water partition coefficient (Wildman–Crippen LogP) is 0.678. The first kappa shape index (κ1) is 18.1. The van der Waals surface area contributed by atoms with Crippen LogP contribution in [0.5, 0.6) is 0 Å². The number of hydrogen-bond acceptors (Lipinski definition) is 5. The van der Waals surface area contributed by atoms with Crippen LogP contribution in [0.2, 0.25) is 0 Å². The maximum atomic E-state index is 12.9. The van der Waals surface area contributed by atoms with Gasteiger partial charge in [-0.15, -0.1) is 0 Å². The first-order valence-electron chi connectivity index (χ1n) is 9.74. The molecule has 27 heavy (non-hydrogen) atoms. The number of nitrogens with zero attached hydrogens (tertiary/aromatic N) is 1. The largest absolute Gasteiger partial charge is 0.322 e. The van der Waals surface area contributed by atoms with E-state index in [1.165, 1.54) is 0 Å². The third kappa shape index (κ3) is 3.75. The molecule has 7 heteroatoms. The molecule has 0 saturated carbocycles. The van der Waals surface area contributed by atoms with E-state index in [2.05, 4.69) is 28.9 Å². The van der Waals surface area contributed by atoms with Gasteiger partial charge in [-0.25, -0.2) is 0 Å². The van der Waals surface area contributed by atoms with Crippen LogP contribution in [0, 0.1) is 0 Å². The topological polar surface area (TPSA) is 90.5 Å². The molecule has 3 heterocycles. The number of imide groups is 1. The van der Waals surface area contributed by atoms with Gasteiger partial charge in [-0.1, -0.05) is 12.1 Å². The van der Waals surface area contributed by atoms with E-state index < -0.39 is 6.04 Å². The summed E-state index contributed by atoms with van der Waals surface area (Å²) in [6.45, 7) is 4.39. The Morgan fingerprint density at radius 2 is 2.07 bits per heavy atom. The normalized spacial score (nSPS) is 28.3. The molecule has 1 aromatic rings. The number of amides is 3. The first-order chi connectivity index (χ1) is 13.0. The van der Waals surface area contributed by atoms with Gasteiger partial charge < -0.3 is 15.5 Å². The number of benzene rings is 1. The molecular weight excluding hydrogens is 344 g/mol. The molecule has 4 rings (SSSR count). The monoisotopic (exact) mass is 370 g/mol. The average Bonchev–Trinajstić information content (AvgIpc) is 2.96. The zero-order valence-electron chi connectivity index (χ0n) is 15.6. The molecule has 3 N–H and O–H groups in total. The SMILES string of the molecule is C[C@@H]1C[C@@H](NCc2ccc3c(c2)C(=O)N(C2CCC(=O)NC2=O)C3)CCN1.